The van der Waals surface area contributed by atoms with Crippen molar-refractivity contribution in [2.24, 2.45) is 0 Å². The maximum absolute atomic E-state index is 11.1. The first-order valence-electron chi connectivity index (χ1n) is 9.68. The molecule has 0 radical (unpaired) electrons. The Kier molecular flexibility index (Phi) is 10.9. The van der Waals surface area contributed by atoms with Crippen molar-refractivity contribution in [2.45, 2.75) is 37.5 Å². The molecule has 7 heteroatoms. The molecule has 29 heavy (non-hydrogen) atoms. The van der Waals surface area contributed by atoms with Crippen LogP contribution in [0, 0.1) is 0 Å². The van der Waals surface area contributed by atoms with E-state index < -0.39 is 11.9 Å². The number of carboxylic acids is 2. The monoisotopic (exact) mass is 436 g/mol. The van der Waals surface area contributed by atoms with E-state index in [9.17, 15) is 9.59 Å². The molecule has 0 aromatic heterocycles. The average molecular weight is 437 g/mol. The van der Waals surface area contributed by atoms with Gasteiger partial charge in [-0.2, -0.15) is 0 Å². The fourth-order valence-electron chi connectivity index (χ4n) is 2.86. The van der Waals surface area contributed by atoms with Gasteiger partial charge in [-0.15, -0.1) is 0 Å². The Morgan fingerprint density at radius 1 is 0.690 bits per heavy atom. The van der Waals surface area contributed by atoms with Gasteiger partial charge in [0.1, 0.15) is 0 Å². The van der Waals surface area contributed by atoms with Crippen LogP contribution in [0.3, 0.4) is 0 Å². The van der Waals surface area contributed by atoms with Crippen molar-refractivity contribution in [2.75, 3.05) is 26.2 Å². The molecule has 0 aliphatic heterocycles. The summed E-state index contributed by atoms with van der Waals surface area (Å²) in [6.45, 7) is 14.2. The van der Waals surface area contributed by atoms with Gasteiger partial charge in [-0.05, 0) is 52.0 Å². The lowest BCUT2D eigenvalue weighted by molar-refractivity contribution is -0.921. The van der Waals surface area contributed by atoms with Crippen molar-refractivity contribution in [1.82, 2.24) is 0 Å². The minimum absolute atomic E-state index is 0.206. The van der Waals surface area contributed by atoms with Gasteiger partial charge in [0.2, 0.25) is 0 Å². The number of hydrogen-bond donors (Lipinski definition) is 2. The molecule has 0 unspecified atom stereocenters. The normalized spacial score (nSPS) is 10.8. The third-order valence-corrected chi connectivity index (χ3v) is 7.62. The van der Waals surface area contributed by atoms with Crippen molar-refractivity contribution >= 4 is 33.5 Å². The molecule has 0 amide bonds. The quantitative estimate of drug-likeness (QED) is 0.384. The Morgan fingerprint density at radius 3 is 1.24 bits per heavy atom. The minimum atomic E-state index is -1.000. The van der Waals surface area contributed by atoms with Crippen molar-refractivity contribution in [3.8, 4) is 0 Å². The predicted molar refractivity (Wildman–Crippen MR) is 121 cm³/mol. The smallest absolute Gasteiger partial charge is 0.336 e. The van der Waals surface area contributed by atoms with Gasteiger partial charge in [0.05, 0.1) is 37.3 Å². The van der Waals surface area contributed by atoms with Crippen molar-refractivity contribution < 1.29 is 24.3 Å². The average Bonchev–Trinajstić information content (AvgIpc) is 2.75. The second-order valence-electron chi connectivity index (χ2n) is 6.38. The zero-order valence-electron chi connectivity index (χ0n) is 17.4. The van der Waals surface area contributed by atoms with Crippen LogP contribution in [0.15, 0.2) is 58.3 Å². The van der Waals surface area contributed by atoms with E-state index in [4.69, 9.17) is 10.2 Å². The molecule has 158 valence electrons. The summed E-state index contributed by atoms with van der Waals surface area (Å²) in [7, 11) is 2.47. The highest BCUT2D eigenvalue weighted by Gasteiger charge is 2.16. The fourth-order valence-corrected chi connectivity index (χ4v) is 5.21. The van der Waals surface area contributed by atoms with Gasteiger partial charge in [-0.3, -0.25) is 0 Å². The van der Waals surface area contributed by atoms with E-state index in [0.717, 1.165) is 0 Å². The molecule has 0 heterocycles. The number of quaternary nitrogens is 1. The number of carbonyl (C=O) groups is 2. The van der Waals surface area contributed by atoms with Crippen LogP contribution in [0.4, 0.5) is 0 Å². The van der Waals surface area contributed by atoms with E-state index in [1.54, 1.807) is 36.4 Å². The third-order valence-electron chi connectivity index (χ3n) is 5.14. The molecular formula is C22H30NO4S2+. The molecule has 0 fully saturated rings. The molecule has 0 aliphatic rings. The number of carboxylic acid groups (broad SMARTS) is 2. The number of benzene rings is 2. The van der Waals surface area contributed by atoms with Crippen molar-refractivity contribution in [3.05, 3.63) is 59.7 Å². The summed E-state index contributed by atoms with van der Waals surface area (Å²) >= 11 is 0. The van der Waals surface area contributed by atoms with E-state index in [1.165, 1.54) is 64.4 Å². The molecular weight excluding hydrogens is 406 g/mol. The highest BCUT2D eigenvalue weighted by atomic mass is 33.1. The number of rotatable bonds is 9. The first kappa shape index (κ1) is 25.1. The summed E-state index contributed by atoms with van der Waals surface area (Å²) in [4.78, 5) is 23.4. The van der Waals surface area contributed by atoms with Crippen LogP contribution >= 0.6 is 21.6 Å². The molecule has 0 saturated carbocycles. The second kappa shape index (κ2) is 12.6. The molecule has 0 saturated heterocycles. The minimum Gasteiger partial charge on any atom is -0.478 e. The molecule has 0 atom stereocenters. The van der Waals surface area contributed by atoms with E-state index in [-0.39, 0.29) is 11.1 Å². The molecule has 2 N–H and O–H groups in total. The summed E-state index contributed by atoms with van der Waals surface area (Å²) < 4.78 is 1.28. The standard InChI is InChI=1S/C14H10O4S2.C8H20N/c15-13(16)9-5-1-3-7-11(9)19-20-12-8-4-2-6-10(12)14(17)18;1-5-9(6-2,7-3)8-4/h1-8H,(H,15,16)(H,17,18);5-8H2,1-4H3/q;+1. The molecule has 2 aromatic rings. The summed E-state index contributed by atoms with van der Waals surface area (Å²) in [5, 5.41) is 18.2. The highest BCUT2D eigenvalue weighted by molar-refractivity contribution is 8.76. The summed E-state index contributed by atoms with van der Waals surface area (Å²) in [5.41, 5.74) is 0.413. The lowest BCUT2D eigenvalue weighted by Gasteiger charge is -2.34. The lowest BCUT2D eigenvalue weighted by atomic mass is 10.2. The van der Waals surface area contributed by atoms with Crippen LogP contribution in [0.5, 0.6) is 0 Å². The van der Waals surface area contributed by atoms with Crippen LogP contribution in [0.1, 0.15) is 48.4 Å². The first-order valence-corrected chi connectivity index (χ1v) is 11.8. The number of hydrogen-bond acceptors (Lipinski definition) is 4. The Balaban J connectivity index is 0.000000396. The van der Waals surface area contributed by atoms with Gasteiger partial charge >= 0.3 is 11.9 Å². The topological polar surface area (TPSA) is 74.6 Å². The first-order chi connectivity index (χ1) is 13.8. The summed E-state index contributed by atoms with van der Waals surface area (Å²) in [6.07, 6.45) is 0. The second-order valence-corrected chi connectivity index (χ2v) is 8.59. The Labute approximate surface area is 181 Å². The largest absolute Gasteiger partial charge is 0.478 e. The predicted octanol–water partition coefficient (Wildman–Crippen LogP) is 5.77. The Hall–Kier alpha value is -1.96. The van der Waals surface area contributed by atoms with E-state index in [0.29, 0.717) is 9.79 Å². The van der Waals surface area contributed by atoms with Gasteiger partial charge in [-0.25, -0.2) is 9.59 Å². The number of nitrogens with zero attached hydrogens (tertiary/aromatic N) is 1. The molecule has 5 nitrogen and oxygen atoms in total. The molecule has 0 aliphatic carbocycles. The molecule has 2 rings (SSSR count). The SMILES string of the molecule is CC[N+](CC)(CC)CC.O=C(O)c1ccccc1SSc1ccccc1C(=O)O. The van der Waals surface area contributed by atoms with Crippen LogP contribution in [-0.4, -0.2) is 52.8 Å². The van der Waals surface area contributed by atoms with E-state index in [2.05, 4.69) is 27.7 Å². The van der Waals surface area contributed by atoms with Gasteiger partial charge in [0, 0.05) is 9.79 Å². The Bertz CT molecular complexity index is 732. The van der Waals surface area contributed by atoms with Gasteiger partial charge in [0.25, 0.3) is 0 Å². The third kappa shape index (κ3) is 7.42. The Morgan fingerprint density at radius 2 is 1.00 bits per heavy atom. The van der Waals surface area contributed by atoms with Gasteiger partial charge in [-0.1, -0.05) is 45.9 Å². The lowest BCUT2D eigenvalue weighted by Crippen LogP contribution is -2.47. The highest BCUT2D eigenvalue weighted by Crippen LogP contribution is 2.40. The molecule has 2 aromatic carbocycles. The summed E-state index contributed by atoms with van der Waals surface area (Å²) in [6, 6.07) is 13.3. The summed E-state index contributed by atoms with van der Waals surface area (Å²) in [5.74, 6) is -2.00. The molecule has 0 spiro atoms. The maximum Gasteiger partial charge on any atom is 0.336 e. The van der Waals surface area contributed by atoms with E-state index in [1.807, 2.05) is 0 Å². The van der Waals surface area contributed by atoms with Crippen LogP contribution in [-0.2, 0) is 0 Å². The number of aromatic carboxylic acids is 2. The molecule has 0 bridgehead atoms. The van der Waals surface area contributed by atoms with Crippen molar-refractivity contribution in [1.29, 1.82) is 0 Å². The van der Waals surface area contributed by atoms with Gasteiger partial charge in [0.15, 0.2) is 0 Å². The van der Waals surface area contributed by atoms with Crippen LogP contribution < -0.4 is 0 Å². The zero-order valence-corrected chi connectivity index (χ0v) is 19.1. The van der Waals surface area contributed by atoms with E-state index >= 15 is 0 Å². The van der Waals surface area contributed by atoms with Crippen LogP contribution in [0.2, 0.25) is 0 Å². The van der Waals surface area contributed by atoms with Crippen molar-refractivity contribution in [3.63, 3.8) is 0 Å². The zero-order chi connectivity index (χ0) is 21.9. The fraction of sp³-hybridized carbons (Fsp3) is 0.364. The van der Waals surface area contributed by atoms with Gasteiger partial charge < -0.3 is 14.7 Å². The van der Waals surface area contributed by atoms with Crippen LogP contribution in [0.25, 0.3) is 0 Å². The maximum atomic E-state index is 11.1.